The summed E-state index contributed by atoms with van der Waals surface area (Å²) in [6, 6.07) is 17.6. The smallest absolute Gasteiger partial charge is 0.240 e. The Bertz CT molecular complexity index is 710. The molecule has 0 saturated heterocycles. The number of methoxy groups -OCH3 is 1. The van der Waals surface area contributed by atoms with Crippen LogP contribution in [-0.4, -0.2) is 23.7 Å². The Kier molecular flexibility index (Phi) is 3.92. The number of para-hydroxylation sites is 1. The number of nitrogens with zero attached hydrogens (tertiary/aromatic N) is 2. The number of ether oxygens (including phenoxy) is 1. The number of carbonyl (C=O) groups is 1. The van der Waals surface area contributed by atoms with Crippen molar-refractivity contribution in [2.45, 2.75) is 19.4 Å². The Morgan fingerprint density at radius 2 is 1.82 bits per heavy atom. The largest absolute Gasteiger partial charge is 0.496 e. The van der Waals surface area contributed by atoms with Crippen molar-refractivity contribution in [1.82, 2.24) is 5.01 Å². The molecule has 0 fully saturated rings. The van der Waals surface area contributed by atoms with E-state index in [9.17, 15) is 4.79 Å². The van der Waals surface area contributed by atoms with Crippen molar-refractivity contribution < 1.29 is 9.53 Å². The number of hydrogen-bond acceptors (Lipinski definition) is 3. The van der Waals surface area contributed by atoms with Gasteiger partial charge in [0.05, 0.1) is 18.9 Å². The van der Waals surface area contributed by atoms with E-state index in [1.165, 1.54) is 0 Å². The molecule has 1 atom stereocenters. The molecule has 0 N–H and O–H groups in total. The number of hydrazone groups is 1. The first-order chi connectivity index (χ1) is 10.7. The van der Waals surface area contributed by atoms with Crippen LogP contribution in [0.5, 0.6) is 5.75 Å². The molecule has 22 heavy (non-hydrogen) atoms. The second kappa shape index (κ2) is 6.02. The van der Waals surface area contributed by atoms with Gasteiger partial charge in [0, 0.05) is 18.9 Å². The molecule has 0 aliphatic carbocycles. The van der Waals surface area contributed by atoms with E-state index in [0.29, 0.717) is 6.42 Å². The molecular formula is C18H18N2O2. The fourth-order valence-corrected chi connectivity index (χ4v) is 2.79. The standard InChI is InChI=1S/C18H18N2O2/c1-13(21)20-17(15-10-6-7-11-18(15)22-2)12-16(19-20)14-8-4-3-5-9-14/h3-11,17H,12H2,1-2H3. The average Bonchev–Trinajstić information content (AvgIpc) is 3.01. The molecule has 4 heteroatoms. The summed E-state index contributed by atoms with van der Waals surface area (Å²) >= 11 is 0. The molecule has 0 radical (unpaired) electrons. The van der Waals surface area contributed by atoms with Gasteiger partial charge in [0.2, 0.25) is 5.91 Å². The fourth-order valence-electron chi connectivity index (χ4n) is 2.79. The zero-order chi connectivity index (χ0) is 15.5. The Hall–Kier alpha value is -2.62. The van der Waals surface area contributed by atoms with E-state index in [-0.39, 0.29) is 11.9 Å². The van der Waals surface area contributed by atoms with Gasteiger partial charge in [-0.2, -0.15) is 5.10 Å². The number of carbonyl (C=O) groups excluding carboxylic acids is 1. The molecule has 0 aromatic heterocycles. The van der Waals surface area contributed by atoms with E-state index in [1.54, 1.807) is 19.0 Å². The number of amides is 1. The highest BCUT2D eigenvalue weighted by atomic mass is 16.5. The van der Waals surface area contributed by atoms with Crippen LogP contribution >= 0.6 is 0 Å². The monoisotopic (exact) mass is 294 g/mol. The van der Waals surface area contributed by atoms with Gasteiger partial charge < -0.3 is 4.74 Å². The highest BCUT2D eigenvalue weighted by molar-refractivity contribution is 6.03. The van der Waals surface area contributed by atoms with Crippen LogP contribution < -0.4 is 4.74 Å². The maximum Gasteiger partial charge on any atom is 0.240 e. The predicted molar refractivity (Wildman–Crippen MR) is 85.9 cm³/mol. The maximum atomic E-state index is 12.0. The number of hydrogen-bond donors (Lipinski definition) is 0. The zero-order valence-electron chi connectivity index (χ0n) is 12.7. The van der Waals surface area contributed by atoms with E-state index in [4.69, 9.17) is 4.74 Å². The highest BCUT2D eigenvalue weighted by Crippen LogP contribution is 2.37. The minimum atomic E-state index is -0.121. The van der Waals surface area contributed by atoms with Crippen LogP contribution in [0.2, 0.25) is 0 Å². The third kappa shape index (κ3) is 2.60. The van der Waals surface area contributed by atoms with Gasteiger partial charge >= 0.3 is 0 Å². The van der Waals surface area contributed by atoms with Gasteiger partial charge in [-0.15, -0.1) is 0 Å². The van der Waals surface area contributed by atoms with Crippen molar-refractivity contribution in [1.29, 1.82) is 0 Å². The van der Waals surface area contributed by atoms with Crippen LogP contribution in [0.3, 0.4) is 0 Å². The SMILES string of the molecule is COc1ccccc1C1CC(c2ccccc2)=NN1C(C)=O. The van der Waals surface area contributed by atoms with Crippen molar-refractivity contribution in [3.8, 4) is 5.75 Å². The van der Waals surface area contributed by atoms with E-state index in [0.717, 1.165) is 22.6 Å². The highest BCUT2D eigenvalue weighted by Gasteiger charge is 2.32. The van der Waals surface area contributed by atoms with E-state index < -0.39 is 0 Å². The summed E-state index contributed by atoms with van der Waals surface area (Å²) in [5, 5.41) is 6.09. The van der Waals surface area contributed by atoms with Gasteiger partial charge in [-0.05, 0) is 11.6 Å². The Balaban J connectivity index is 1.98. The molecule has 3 rings (SSSR count). The minimum Gasteiger partial charge on any atom is -0.496 e. The molecule has 2 aromatic carbocycles. The summed E-state index contributed by atoms with van der Waals surface area (Å²) in [5.74, 6) is 0.713. The lowest BCUT2D eigenvalue weighted by atomic mass is 9.98. The summed E-state index contributed by atoms with van der Waals surface area (Å²) in [7, 11) is 1.64. The first-order valence-corrected chi connectivity index (χ1v) is 7.26. The van der Waals surface area contributed by atoms with Gasteiger partial charge in [-0.1, -0.05) is 48.5 Å². The van der Waals surface area contributed by atoms with E-state index in [2.05, 4.69) is 5.10 Å². The summed E-state index contributed by atoms with van der Waals surface area (Å²) < 4.78 is 5.44. The maximum absolute atomic E-state index is 12.0. The van der Waals surface area contributed by atoms with Crippen LogP contribution in [0.15, 0.2) is 59.7 Å². The summed E-state index contributed by atoms with van der Waals surface area (Å²) in [5.41, 5.74) is 2.95. The minimum absolute atomic E-state index is 0.0677. The Morgan fingerprint density at radius 3 is 2.50 bits per heavy atom. The Labute approximate surface area is 130 Å². The fraction of sp³-hybridized carbons (Fsp3) is 0.222. The van der Waals surface area contributed by atoms with Crippen molar-refractivity contribution in [2.24, 2.45) is 5.10 Å². The quantitative estimate of drug-likeness (QED) is 0.870. The molecule has 112 valence electrons. The number of benzene rings is 2. The normalized spacial score (nSPS) is 17.3. The van der Waals surface area contributed by atoms with Crippen molar-refractivity contribution in [3.63, 3.8) is 0 Å². The lowest BCUT2D eigenvalue weighted by Gasteiger charge is -2.22. The van der Waals surface area contributed by atoms with Gasteiger partial charge in [-0.3, -0.25) is 4.79 Å². The van der Waals surface area contributed by atoms with E-state index in [1.807, 2.05) is 54.6 Å². The first-order valence-electron chi connectivity index (χ1n) is 7.26. The van der Waals surface area contributed by atoms with E-state index >= 15 is 0 Å². The first kappa shape index (κ1) is 14.3. The van der Waals surface area contributed by atoms with Crippen molar-refractivity contribution in [2.75, 3.05) is 7.11 Å². The molecule has 0 bridgehead atoms. The van der Waals surface area contributed by atoms with Crippen LogP contribution in [-0.2, 0) is 4.79 Å². The van der Waals surface area contributed by atoms with Gasteiger partial charge in [0.25, 0.3) is 0 Å². The van der Waals surface area contributed by atoms with Crippen molar-refractivity contribution >= 4 is 11.6 Å². The predicted octanol–water partition coefficient (Wildman–Crippen LogP) is 3.39. The lowest BCUT2D eigenvalue weighted by Crippen LogP contribution is -2.24. The topological polar surface area (TPSA) is 41.9 Å². The van der Waals surface area contributed by atoms with Crippen molar-refractivity contribution in [3.05, 3.63) is 65.7 Å². The molecule has 1 aliphatic rings. The molecule has 4 nitrogen and oxygen atoms in total. The molecule has 1 amide bonds. The van der Waals surface area contributed by atoms with Gasteiger partial charge in [0.1, 0.15) is 5.75 Å². The molecule has 2 aromatic rings. The lowest BCUT2D eigenvalue weighted by molar-refractivity contribution is -0.130. The summed E-state index contributed by atoms with van der Waals surface area (Å²) in [6.07, 6.45) is 0.684. The summed E-state index contributed by atoms with van der Waals surface area (Å²) in [6.45, 7) is 1.54. The van der Waals surface area contributed by atoms with Crippen LogP contribution in [0.4, 0.5) is 0 Å². The van der Waals surface area contributed by atoms with Gasteiger partial charge in [0.15, 0.2) is 0 Å². The molecule has 1 aliphatic heterocycles. The van der Waals surface area contributed by atoms with Gasteiger partial charge in [-0.25, -0.2) is 5.01 Å². The second-order valence-electron chi connectivity index (χ2n) is 5.24. The zero-order valence-corrected chi connectivity index (χ0v) is 12.7. The number of rotatable bonds is 3. The van der Waals surface area contributed by atoms with Crippen LogP contribution in [0, 0.1) is 0 Å². The molecular weight excluding hydrogens is 276 g/mol. The van der Waals surface area contributed by atoms with Crippen LogP contribution in [0.25, 0.3) is 0 Å². The third-order valence-electron chi connectivity index (χ3n) is 3.84. The average molecular weight is 294 g/mol. The molecule has 0 spiro atoms. The molecule has 0 saturated carbocycles. The second-order valence-corrected chi connectivity index (χ2v) is 5.24. The summed E-state index contributed by atoms with van der Waals surface area (Å²) in [4.78, 5) is 12.0. The third-order valence-corrected chi connectivity index (χ3v) is 3.84. The van der Waals surface area contributed by atoms with Crippen LogP contribution in [0.1, 0.15) is 30.5 Å². The Morgan fingerprint density at radius 1 is 1.14 bits per heavy atom. The molecule has 1 heterocycles. The molecule has 1 unspecified atom stereocenters.